The van der Waals surface area contributed by atoms with Gasteiger partial charge in [0, 0.05) is 18.7 Å². The minimum atomic E-state index is -0.185. The minimum absolute atomic E-state index is 0.159. The van der Waals surface area contributed by atoms with E-state index in [-0.39, 0.29) is 30.3 Å². The lowest BCUT2D eigenvalue weighted by atomic mass is 10.0. The molecule has 1 aromatic heterocycles. The number of imidazole rings is 1. The molecule has 0 amide bonds. The number of aliphatic hydroxyl groups excluding tert-OH is 1. The Labute approximate surface area is 112 Å². The molecular weight excluding hydrogens is 242 g/mol. The largest absolute Gasteiger partial charge is 0.396 e. The van der Waals surface area contributed by atoms with Crippen LogP contribution >= 0.6 is 0 Å². The fraction of sp³-hybridized carbons (Fsp3) is 0.500. The van der Waals surface area contributed by atoms with Crippen molar-refractivity contribution in [1.82, 2.24) is 15.3 Å². The maximum atomic E-state index is 11.2. The number of rotatable bonds is 5. The number of hydrogen-bond acceptors (Lipinski definition) is 3. The Morgan fingerprint density at radius 2 is 1.89 bits per heavy atom. The van der Waals surface area contributed by atoms with Crippen LogP contribution in [0.2, 0.25) is 0 Å². The van der Waals surface area contributed by atoms with Gasteiger partial charge in [0.25, 0.3) is 0 Å². The highest BCUT2D eigenvalue weighted by atomic mass is 16.3. The van der Waals surface area contributed by atoms with Gasteiger partial charge in [0.05, 0.1) is 11.0 Å². The zero-order chi connectivity index (χ0) is 14.0. The van der Waals surface area contributed by atoms with Crippen molar-refractivity contribution >= 4 is 11.0 Å². The van der Waals surface area contributed by atoms with E-state index in [1.165, 1.54) is 0 Å². The van der Waals surface area contributed by atoms with Crippen molar-refractivity contribution in [2.75, 3.05) is 6.61 Å². The van der Waals surface area contributed by atoms with Crippen LogP contribution in [0.4, 0.5) is 0 Å². The molecule has 5 nitrogen and oxygen atoms in total. The van der Waals surface area contributed by atoms with E-state index in [4.69, 9.17) is 5.11 Å². The second kappa shape index (κ2) is 5.59. The number of aliphatic hydroxyl groups is 1. The van der Waals surface area contributed by atoms with E-state index in [2.05, 4.69) is 29.1 Å². The highest BCUT2D eigenvalue weighted by Gasteiger charge is 2.15. The minimum Gasteiger partial charge on any atom is -0.396 e. The standard InChI is InChI=1S/C14H21N3O2/c1-8(7-18)9(2)15-10(3)11-4-5-12-13(6-11)17-14(19)16-12/h4-6,8-10,15,18H,7H2,1-3H3,(H2,16,17,19). The summed E-state index contributed by atoms with van der Waals surface area (Å²) in [7, 11) is 0. The lowest BCUT2D eigenvalue weighted by Gasteiger charge is -2.24. The average Bonchev–Trinajstić information content (AvgIpc) is 2.76. The SMILES string of the molecule is CC(NC(C)C(C)CO)c1ccc2[nH]c(=O)[nH]c2c1. The molecule has 0 aliphatic carbocycles. The van der Waals surface area contributed by atoms with Crippen molar-refractivity contribution in [3.63, 3.8) is 0 Å². The molecule has 3 unspecified atom stereocenters. The molecule has 0 aliphatic heterocycles. The second-order valence-corrected chi connectivity index (χ2v) is 5.22. The molecule has 1 heterocycles. The molecule has 2 aromatic rings. The Hall–Kier alpha value is -1.59. The number of aromatic amines is 2. The van der Waals surface area contributed by atoms with Crippen LogP contribution in [0.1, 0.15) is 32.4 Å². The molecule has 0 saturated heterocycles. The summed E-state index contributed by atoms with van der Waals surface area (Å²) in [5, 5.41) is 12.6. The van der Waals surface area contributed by atoms with E-state index in [0.717, 1.165) is 16.6 Å². The first-order chi connectivity index (χ1) is 9.01. The van der Waals surface area contributed by atoms with Crippen molar-refractivity contribution in [2.45, 2.75) is 32.9 Å². The Bertz CT molecular complexity index is 602. The van der Waals surface area contributed by atoms with Crippen LogP contribution in [-0.2, 0) is 0 Å². The van der Waals surface area contributed by atoms with E-state index in [9.17, 15) is 4.79 Å². The number of benzene rings is 1. The van der Waals surface area contributed by atoms with Crippen LogP contribution in [0.15, 0.2) is 23.0 Å². The summed E-state index contributed by atoms with van der Waals surface area (Å²) >= 11 is 0. The molecule has 0 bridgehead atoms. The maximum absolute atomic E-state index is 11.2. The number of hydrogen-bond donors (Lipinski definition) is 4. The molecule has 0 fully saturated rings. The molecule has 19 heavy (non-hydrogen) atoms. The van der Waals surface area contributed by atoms with Crippen molar-refractivity contribution < 1.29 is 5.11 Å². The van der Waals surface area contributed by atoms with Gasteiger partial charge in [0.2, 0.25) is 0 Å². The zero-order valence-electron chi connectivity index (χ0n) is 11.5. The van der Waals surface area contributed by atoms with Gasteiger partial charge in [-0.25, -0.2) is 4.79 Å². The van der Waals surface area contributed by atoms with Gasteiger partial charge in [0.1, 0.15) is 0 Å². The van der Waals surface area contributed by atoms with Crippen LogP contribution in [-0.4, -0.2) is 27.7 Å². The van der Waals surface area contributed by atoms with Crippen molar-refractivity contribution in [1.29, 1.82) is 0 Å². The van der Waals surface area contributed by atoms with E-state index < -0.39 is 0 Å². The Kier molecular flexibility index (Phi) is 4.07. The van der Waals surface area contributed by atoms with Crippen LogP contribution in [0.5, 0.6) is 0 Å². The molecule has 0 spiro atoms. The van der Waals surface area contributed by atoms with Crippen molar-refractivity contribution in [2.24, 2.45) is 5.92 Å². The summed E-state index contributed by atoms with van der Waals surface area (Å²) < 4.78 is 0. The average molecular weight is 263 g/mol. The molecule has 5 heteroatoms. The first kappa shape index (κ1) is 13.8. The molecule has 0 radical (unpaired) electrons. The van der Waals surface area contributed by atoms with Crippen LogP contribution < -0.4 is 11.0 Å². The fourth-order valence-corrected chi connectivity index (χ4v) is 2.13. The smallest absolute Gasteiger partial charge is 0.323 e. The van der Waals surface area contributed by atoms with Gasteiger partial charge in [-0.15, -0.1) is 0 Å². The predicted octanol–water partition coefficient (Wildman–Crippen LogP) is 1.52. The van der Waals surface area contributed by atoms with Crippen LogP contribution in [0, 0.1) is 5.92 Å². The third-order valence-corrected chi connectivity index (χ3v) is 3.69. The number of fused-ring (bicyclic) bond motifs is 1. The third-order valence-electron chi connectivity index (χ3n) is 3.69. The lowest BCUT2D eigenvalue weighted by molar-refractivity contribution is 0.202. The van der Waals surface area contributed by atoms with Gasteiger partial charge in [-0.3, -0.25) is 0 Å². The summed E-state index contributed by atoms with van der Waals surface area (Å²) in [6.45, 7) is 6.32. The predicted molar refractivity (Wildman–Crippen MR) is 76.2 cm³/mol. The van der Waals surface area contributed by atoms with E-state index in [0.29, 0.717) is 0 Å². The van der Waals surface area contributed by atoms with Gasteiger partial charge in [0.15, 0.2) is 0 Å². The van der Waals surface area contributed by atoms with Crippen LogP contribution in [0.3, 0.4) is 0 Å². The summed E-state index contributed by atoms with van der Waals surface area (Å²) in [5.41, 5.74) is 2.56. The Balaban J connectivity index is 2.16. The maximum Gasteiger partial charge on any atom is 0.323 e. The molecular formula is C14H21N3O2. The molecule has 1 aromatic carbocycles. The summed E-state index contributed by atoms with van der Waals surface area (Å²) in [4.78, 5) is 16.7. The zero-order valence-corrected chi connectivity index (χ0v) is 11.5. The number of H-pyrrole nitrogens is 2. The lowest BCUT2D eigenvalue weighted by Crippen LogP contribution is -2.35. The molecule has 104 valence electrons. The topological polar surface area (TPSA) is 80.9 Å². The summed E-state index contributed by atoms with van der Waals surface area (Å²) in [6.07, 6.45) is 0. The van der Waals surface area contributed by atoms with Gasteiger partial charge >= 0.3 is 5.69 Å². The summed E-state index contributed by atoms with van der Waals surface area (Å²) in [5.74, 6) is 0.207. The van der Waals surface area contributed by atoms with Gasteiger partial charge < -0.3 is 20.4 Å². The molecule has 4 N–H and O–H groups in total. The number of aromatic nitrogens is 2. The molecule has 3 atom stereocenters. The van der Waals surface area contributed by atoms with Gasteiger partial charge in [-0.2, -0.15) is 0 Å². The normalized spacial score (nSPS) is 16.4. The first-order valence-corrected chi connectivity index (χ1v) is 6.60. The first-order valence-electron chi connectivity index (χ1n) is 6.60. The quantitative estimate of drug-likeness (QED) is 0.660. The Morgan fingerprint density at radius 3 is 2.58 bits per heavy atom. The van der Waals surface area contributed by atoms with E-state index in [1.807, 2.05) is 25.1 Å². The highest BCUT2D eigenvalue weighted by molar-refractivity contribution is 5.75. The van der Waals surface area contributed by atoms with Crippen LogP contribution in [0.25, 0.3) is 11.0 Å². The van der Waals surface area contributed by atoms with Crippen molar-refractivity contribution in [3.8, 4) is 0 Å². The Morgan fingerprint density at radius 1 is 1.21 bits per heavy atom. The monoisotopic (exact) mass is 263 g/mol. The molecule has 2 rings (SSSR count). The highest BCUT2D eigenvalue weighted by Crippen LogP contribution is 2.18. The second-order valence-electron chi connectivity index (χ2n) is 5.22. The summed E-state index contributed by atoms with van der Waals surface area (Å²) in [6, 6.07) is 6.26. The van der Waals surface area contributed by atoms with Gasteiger partial charge in [-0.05, 0) is 37.5 Å². The van der Waals surface area contributed by atoms with E-state index in [1.54, 1.807) is 0 Å². The fourth-order valence-electron chi connectivity index (χ4n) is 2.13. The molecule has 0 saturated carbocycles. The van der Waals surface area contributed by atoms with Gasteiger partial charge in [-0.1, -0.05) is 13.0 Å². The van der Waals surface area contributed by atoms with Crippen molar-refractivity contribution in [3.05, 3.63) is 34.2 Å². The van der Waals surface area contributed by atoms with E-state index >= 15 is 0 Å². The molecule has 0 aliphatic rings. The third kappa shape index (κ3) is 3.05. The number of nitrogens with one attached hydrogen (secondary N) is 3.